The van der Waals surface area contributed by atoms with E-state index in [4.69, 9.17) is 9.84 Å². The van der Waals surface area contributed by atoms with Crippen LogP contribution >= 0.6 is 12.4 Å². The number of alkyl halides is 3. The summed E-state index contributed by atoms with van der Waals surface area (Å²) in [6.07, 6.45) is 1.41. The maximum atomic E-state index is 13.8. The second-order valence-electron chi connectivity index (χ2n) is 9.05. The van der Waals surface area contributed by atoms with Gasteiger partial charge in [0.2, 0.25) is 5.91 Å². The lowest BCUT2D eigenvalue weighted by molar-refractivity contribution is -0.138. The van der Waals surface area contributed by atoms with Crippen LogP contribution in [0.5, 0.6) is 5.75 Å². The van der Waals surface area contributed by atoms with Gasteiger partial charge >= 0.3 is 12.1 Å². The number of amides is 1. The molecule has 4 rings (SSSR count). The molecule has 37 heavy (non-hydrogen) atoms. The van der Waals surface area contributed by atoms with Crippen molar-refractivity contribution in [3.63, 3.8) is 0 Å². The van der Waals surface area contributed by atoms with Crippen molar-refractivity contribution in [3.05, 3.63) is 64.7 Å². The van der Waals surface area contributed by atoms with Gasteiger partial charge in [0.25, 0.3) is 0 Å². The highest BCUT2D eigenvalue weighted by atomic mass is 35.5. The normalized spacial score (nSPS) is 15.0. The van der Waals surface area contributed by atoms with Crippen LogP contribution in [0, 0.1) is 0 Å². The largest absolute Gasteiger partial charge is 0.489 e. The Bertz CT molecular complexity index is 1170. The summed E-state index contributed by atoms with van der Waals surface area (Å²) in [5.74, 6) is -0.558. The van der Waals surface area contributed by atoms with E-state index in [0.29, 0.717) is 30.7 Å². The summed E-state index contributed by atoms with van der Waals surface area (Å²) in [5.41, 5.74) is 2.50. The zero-order valence-corrected chi connectivity index (χ0v) is 21.1. The molecule has 0 saturated carbocycles. The van der Waals surface area contributed by atoms with Gasteiger partial charge in [-0.1, -0.05) is 18.2 Å². The number of allylic oxidation sites excluding steroid dienone is 2. The number of carboxylic acids is 1. The van der Waals surface area contributed by atoms with Crippen molar-refractivity contribution in [2.24, 2.45) is 0 Å². The Morgan fingerprint density at radius 3 is 2.59 bits per heavy atom. The van der Waals surface area contributed by atoms with Gasteiger partial charge in [0.15, 0.2) is 0 Å². The maximum absolute atomic E-state index is 13.8. The second-order valence-corrected chi connectivity index (χ2v) is 9.05. The molecule has 1 aliphatic heterocycles. The van der Waals surface area contributed by atoms with Gasteiger partial charge in [-0.3, -0.25) is 9.59 Å². The average molecular weight is 539 g/mol. The van der Waals surface area contributed by atoms with Crippen molar-refractivity contribution in [1.29, 1.82) is 0 Å². The molecule has 0 saturated heterocycles. The summed E-state index contributed by atoms with van der Waals surface area (Å²) >= 11 is 0. The molecule has 0 aromatic heterocycles. The zero-order chi connectivity index (χ0) is 25.7. The molecule has 10 heteroatoms. The first-order valence-corrected chi connectivity index (χ1v) is 12.1. The third-order valence-corrected chi connectivity index (χ3v) is 6.47. The smallest absolute Gasteiger partial charge is 0.417 e. The molecule has 2 aromatic rings. The Labute approximate surface area is 219 Å². The highest BCUT2D eigenvalue weighted by Crippen LogP contribution is 2.39. The van der Waals surface area contributed by atoms with Crippen LogP contribution in [0.2, 0.25) is 0 Å². The van der Waals surface area contributed by atoms with Crippen LogP contribution in [0.1, 0.15) is 54.4 Å². The Balaban J connectivity index is 0.00000380. The van der Waals surface area contributed by atoms with Crippen LogP contribution in [0.3, 0.4) is 0 Å². The van der Waals surface area contributed by atoms with E-state index in [1.165, 1.54) is 6.07 Å². The molecular formula is C27H30ClF3N2O4. The van der Waals surface area contributed by atoms with Gasteiger partial charge in [-0.2, -0.15) is 13.2 Å². The number of hydrogen-bond donors (Lipinski definition) is 2. The lowest BCUT2D eigenvalue weighted by Crippen LogP contribution is -2.37. The molecule has 1 amide bonds. The molecule has 0 fully saturated rings. The summed E-state index contributed by atoms with van der Waals surface area (Å²) in [4.78, 5) is 24.7. The maximum Gasteiger partial charge on any atom is 0.417 e. The minimum atomic E-state index is -4.45. The highest BCUT2D eigenvalue weighted by Gasteiger charge is 2.34. The molecule has 200 valence electrons. The molecule has 0 radical (unpaired) electrons. The van der Waals surface area contributed by atoms with Crippen LogP contribution in [0.15, 0.2) is 42.5 Å². The number of anilines is 1. The number of nitrogens with one attached hydrogen (secondary N) is 1. The molecule has 2 N–H and O–H groups in total. The quantitative estimate of drug-likeness (QED) is 0.405. The molecular weight excluding hydrogens is 509 g/mol. The van der Waals surface area contributed by atoms with Crippen LogP contribution < -0.4 is 15.0 Å². The van der Waals surface area contributed by atoms with E-state index < -0.39 is 17.7 Å². The topological polar surface area (TPSA) is 78.9 Å². The first-order chi connectivity index (χ1) is 17.2. The van der Waals surface area contributed by atoms with Gasteiger partial charge in [0.05, 0.1) is 18.5 Å². The number of benzene rings is 2. The lowest BCUT2D eigenvalue weighted by Gasteiger charge is -2.19. The number of hydrogen-bond acceptors (Lipinski definition) is 4. The number of fused-ring (bicyclic) bond motifs is 1. The molecule has 0 bridgehead atoms. The standard InChI is InChI=1S/C27H29F3N2O4.ClH/c28-27(29,30)23-14-18(6-8-22(23)19-4-2-1-3-5-19)17-36-21-7-9-24-20(15-21)11-13-32(24)25(33)16-31-12-10-26(34)35;/h4,6-9,14-15,31H,1-3,5,10-13,16-17H2,(H,34,35);1H. The average Bonchev–Trinajstić information content (AvgIpc) is 3.28. The van der Waals surface area contributed by atoms with Crippen molar-refractivity contribution >= 4 is 35.5 Å². The fourth-order valence-corrected chi connectivity index (χ4v) is 4.66. The van der Waals surface area contributed by atoms with E-state index >= 15 is 0 Å². The van der Waals surface area contributed by atoms with E-state index in [-0.39, 0.29) is 50.0 Å². The SMILES string of the molecule is Cl.O=C(O)CCNCC(=O)N1CCc2cc(OCc3ccc(C4=CCCCC4)c(C(F)(F)F)c3)ccc21. The van der Waals surface area contributed by atoms with Crippen LogP contribution in [-0.2, 0) is 28.8 Å². The predicted molar refractivity (Wildman–Crippen MR) is 137 cm³/mol. The van der Waals surface area contributed by atoms with Gasteiger partial charge < -0.3 is 20.1 Å². The molecule has 2 aliphatic rings. The van der Waals surface area contributed by atoms with Crippen LogP contribution in [0.25, 0.3) is 5.57 Å². The number of nitrogens with zero attached hydrogens (tertiary/aromatic N) is 1. The van der Waals surface area contributed by atoms with E-state index in [1.54, 1.807) is 29.2 Å². The first kappa shape index (κ1) is 28.5. The molecule has 6 nitrogen and oxygen atoms in total. The third-order valence-electron chi connectivity index (χ3n) is 6.47. The van der Waals surface area contributed by atoms with Crippen LogP contribution in [-0.4, -0.2) is 36.6 Å². The van der Waals surface area contributed by atoms with E-state index in [0.717, 1.165) is 36.1 Å². The molecule has 1 heterocycles. The monoisotopic (exact) mass is 538 g/mol. The zero-order valence-electron chi connectivity index (χ0n) is 20.3. The van der Waals surface area contributed by atoms with Gasteiger partial charge in [0.1, 0.15) is 12.4 Å². The van der Waals surface area contributed by atoms with E-state index in [1.807, 2.05) is 12.1 Å². The summed E-state index contributed by atoms with van der Waals surface area (Å²) in [5, 5.41) is 11.5. The Kier molecular flexibility index (Phi) is 9.62. The number of rotatable bonds is 9. The van der Waals surface area contributed by atoms with Crippen molar-refractivity contribution in [2.75, 3.05) is 24.5 Å². The molecule has 0 atom stereocenters. The Morgan fingerprint density at radius 2 is 1.89 bits per heavy atom. The fraction of sp³-hybridized carbons (Fsp3) is 0.407. The van der Waals surface area contributed by atoms with Gasteiger partial charge in [-0.25, -0.2) is 0 Å². The highest BCUT2D eigenvalue weighted by molar-refractivity contribution is 5.96. The summed E-state index contributed by atoms with van der Waals surface area (Å²) in [6, 6.07) is 9.70. The molecule has 0 unspecified atom stereocenters. The van der Waals surface area contributed by atoms with Gasteiger partial charge in [0, 0.05) is 18.8 Å². The van der Waals surface area contributed by atoms with E-state index in [2.05, 4.69) is 5.32 Å². The summed E-state index contributed by atoms with van der Waals surface area (Å²) < 4.78 is 47.2. The van der Waals surface area contributed by atoms with Crippen molar-refractivity contribution in [2.45, 2.75) is 51.3 Å². The Hall–Kier alpha value is -3.04. The molecule has 1 aliphatic carbocycles. The Morgan fingerprint density at radius 1 is 1.08 bits per heavy atom. The van der Waals surface area contributed by atoms with Gasteiger partial charge in [-0.15, -0.1) is 12.4 Å². The van der Waals surface area contributed by atoms with Crippen molar-refractivity contribution < 1.29 is 32.6 Å². The van der Waals surface area contributed by atoms with Gasteiger partial charge in [-0.05, 0) is 78.6 Å². The number of ether oxygens (including phenoxy) is 1. The van der Waals surface area contributed by atoms with Crippen LogP contribution in [0.4, 0.5) is 18.9 Å². The number of aliphatic carboxylic acids is 1. The summed E-state index contributed by atoms with van der Waals surface area (Å²) in [6.45, 7) is 0.754. The fourth-order valence-electron chi connectivity index (χ4n) is 4.66. The van der Waals surface area contributed by atoms with Crippen molar-refractivity contribution in [3.8, 4) is 5.75 Å². The minimum Gasteiger partial charge on any atom is -0.489 e. The van der Waals surface area contributed by atoms with E-state index in [9.17, 15) is 22.8 Å². The minimum absolute atomic E-state index is 0. The molecule has 0 spiro atoms. The summed E-state index contributed by atoms with van der Waals surface area (Å²) in [7, 11) is 0. The first-order valence-electron chi connectivity index (χ1n) is 12.1. The number of halogens is 4. The molecule has 2 aromatic carbocycles. The number of carboxylic acid groups (broad SMARTS) is 1. The lowest BCUT2D eigenvalue weighted by atomic mass is 9.90. The predicted octanol–water partition coefficient (Wildman–Crippen LogP) is 5.62. The number of carbonyl (C=O) groups is 2. The third kappa shape index (κ3) is 7.26. The van der Waals surface area contributed by atoms with Crippen molar-refractivity contribution in [1.82, 2.24) is 5.32 Å². The second kappa shape index (κ2) is 12.5. The number of carbonyl (C=O) groups excluding carboxylic acids is 1.